The summed E-state index contributed by atoms with van der Waals surface area (Å²) in [7, 11) is 1.91. The second-order valence-electron chi connectivity index (χ2n) is 4.12. The van der Waals surface area contributed by atoms with E-state index in [2.05, 4.69) is 5.32 Å². The summed E-state index contributed by atoms with van der Waals surface area (Å²) in [5, 5.41) is 11.3. The maximum absolute atomic E-state index is 11.6. The number of nitrogens with one attached hydrogen (secondary N) is 1. The normalized spacial score (nSPS) is 23.7. The topological polar surface area (TPSA) is 69.6 Å². The molecule has 0 spiro atoms. The van der Waals surface area contributed by atoms with Gasteiger partial charge in [-0.1, -0.05) is 6.92 Å². The summed E-state index contributed by atoms with van der Waals surface area (Å²) in [6.45, 7) is 2.73. The van der Waals surface area contributed by atoms with Gasteiger partial charge in [0.2, 0.25) is 5.91 Å². The highest BCUT2D eigenvalue weighted by Crippen LogP contribution is 2.14. The van der Waals surface area contributed by atoms with Crippen LogP contribution in [-0.4, -0.2) is 48.1 Å². The summed E-state index contributed by atoms with van der Waals surface area (Å²) in [5.41, 5.74) is 0. The standard InChI is InChI=1S/C10H18N2O3/c1-7(10(14)15)6-11-9(13)8-4-3-5-12(8)2/h7-8H,3-6H2,1-2H3,(H,11,13)(H,14,15). The molecule has 86 valence electrons. The van der Waals surface area contributed by atoms with Crippen molar-refractivity contribution in [2.45, 2.75) is 25.8 Å². The number of hydrogen-bond donors (Lipinski definition) is 2. The summed E-state index contributed by atoms with van der Waals surface area (Å²) < 4.78 is 0. The van der Waals surface area contributed by atoms with E-state index in [1.54, 1.807) is 6.92 Å². The van der Waals surface area contributed by atoms with Crippen LogP contribution < -0.4 is 5.32 Å². The lowest BCUT2D eigenvalue weighted by molar-refractivity contribution is -0.141. The van der Waals surface area contributed by atoms with Gasteiger partial charge in [-0.05, 0) is 26.4 Å². The Morgan fingerprint density at radius 3 is 2.73 bits per heavy atom. The summed E-state index contributed by atoms with van der Waals surface area (Å²) in [4.78, 5) is 24.2. The molecule has 2 atom stereocenters. The third-order valence-electron chi connectivity index (χ3n) is 2.83. The number of amides is 1. The molecule has 1 heterocycles. The Hall–Kier alpha value is -1.10. The van der Waals surface area contributed by atoms with Crippen LogP contribution in [0, 0.1) is 5.92 Å². The Morgan fingerprint density at radius 2 is 2.27 bits per heavy atom. The fraction of sp³-hybridized carbons (Fsp3) is 0.800. The SMILES string of the molecule is CC(CNC(=O)C1CCCN1C)C(=O)O. The molecule has 1 aliphatic heterocycles. The molecule has 1 amide bonds. The van der Waals surface area contributed by atoms with Crippen molar-refractivity contribution in [3.63, 3.8) is 0 Å². The molecular weight excluding hydrogens is 196 g/mol. The van der Waals surface area contributed by atoms with E-state index in [0.717, 1.165) is 19.4 Å². The molecule has 0 aromatic heterocycles. The second kappa shape index (κ2) is 5.11. The maximum atomic E-state index is 11.6. The molecule has 5 nitrogen and oxygen atoms in total. The van der Waals surface area contributed by atoms with Gasteiger partial charge in [-0.3, -0.25) is 14.5 Å². The number of carboxylic acid groups (broad SMARTS) is 1. The number of hydrogen-bond acceptors (Lipinski definition) is 3. The highest BCUT2D eigenvalue weighted by molar-refractivity contribution is 5.82. The number of nitrogens with zero attached hydrogens (tertiary/aromatic N) is 1. The third kappa shape index (κ3) is 3.20. The monoisotopic (exact) mass is 214 g/mol. The summed E-state index contributed by atoms with van der Waals surface area (Å²) in [6.07, 6.45) is 1.90. The molecule has 0 aromatic rings. The molecule has 5 heteroatoms. The molecule has 0 aromatic carbocycles. The van der Waals surface area contributed by atoms with Crippen LogP contribution in [0.4, 0.5) is 0 Å². The van der Waals surface area contributed by atoms with Crippen LogP contribution in [0.1, 0.15) is 19.8 Å². The fourth-order valence-electron chi connectivity index (χ4n) is 1.70. The van der Waals surface area contributed by atoms with E-state index in [4.69, 9.17) is 5.11 Å². The van der Waals surface area contributed by atoms with Gasteiger partial charge in [0.05, 0.1) is 12.0 Å². The van der Waals surface area contributed by atoms with Gasteiger partial charge in [-0.25, -0.2) is 0 Å². The third-order valence-corrected chi connectivity index (χ3v) is 2.83. The van der Waals surface area contributed by atoms with Crippen LogP contribution in [0.25, 0.3) is 0 Å². The lowest BCUT2D eigenvalue weighted by atomic mass is 10.1. The number of carboxylic acids is 1. The molecule has 1 fully saturated rings. The summed E-state index contributed by atoms with van der Waals surface area (Å²) in [6, 6.07) is -0.0778. The van der Waals surface area contributed by atoms with Crippen LogP contribution >= 0.6 is 0 Å². The highest BCUT2D eigenvalue weighted by Gasteiger charge is 2.27. The number of likely N-dealkylation sites (tertiary alicyclic amines) is 1. The van der Waals surface area contributed by atoms with Gasteiger partial charge in [-0.2, -0.15) is 0 Å². The number of aliphatic carboxylic acids is 1. The largest absolute Gasteiger partial charge is 0.481 e. The minimum Gasteiger partial charge on any atom is -0.481 e. The van der Waals surface area contributed by atoms with Gasteiger partial charge in [0.1, 0.15) is 0 Å². The van der Waals surface area contributed by atoms with Crippen molar-refractivity contribution < 1.29 is 14.7 Å². The molecule has 0 saturated carbocycles. The first-order valence-corrected chi connectivity index (χ1v) is 5.23. The van der Waals surface area contributed by atoms with Crippen molar-refractivity contribution in [1.29, 1.82) is 0 Å². The average Bonchev–Trinajstić information content (AvgIpc) is 2.60. The van der Waals surface area contributed by atoms with Gasteiger partial charge in [0, 0.05) is 6.54 Å². The Balaban J connectivity index is 2.32. The Morgan fingerprint density at radius 1 is 1.60 bits per heavy atom. The highest BCUT2D eigenvalue weighted by atomic mass is 16.4. The van der Waals surface area contributed by atoms with Crippen LogP contribution in [0.15, 0.2) is 0 Å². The number of likely N-dealkylation sites (N-methyl/N-ethyl adjacent to an activating group) is 1. The first-order valence-electron chi connectivity index (χ1n) is 5.23. The molecule has 0 bridgehead atoms. The average molecular weight is 214 g/mol. The first-order chi connectivity index (χ1) is 7.02. The molecule has 1 rings (SSSR count). The number of rotatable bonds is 4. The van der Waals surface area contributed by atoms with Crippen molar-refractivity contribution in [3.05, 3.63) is 0 Å². The molecule has 1 aliphatic rings. The lowest BCUT2D eigenvalue weighted by Gasteiger charge is -2.19. The first kappa shape index (κ1) is 12.0. The van der Waals surface area contributed by atoms with Crippen molar-refractivity contribution in [1.82, 2.24) is 10.2 Å². The van der Waals surface area contributed by atoms with Crippen molar-refractivity contribution in [2.75, 3.05) is 20.1 Å². The Bertz CT molecular complexity index is 255. The quantitative estimate of drug-likeness (QED) is 0.686. The predicted molar refractivity (Wildman–Crippen MR) is 55.5 cm³/mol. The molecule has 2 N–H and O–H groups in total. The Labute approximate surface area is 89.4 Å². The van der Waals surface area contributed by atoms with Crippen LogP contribution in [-0.2, 0) is 9.59 Å². The van der Waals surface area contributed by atoms with Crippen molar-refractivity contribution >= 4 is 11.9 Å². The van der Waals surface area contributed by atoms with Gasteiger partial charge in [0.15, 0.2) is 0 Å². The van der Waals surface area contributed by atoms with Crippen molar-refractivity contribution in [3.8, 4) is 0 Å². The van der Waals surface area contributed by atoms with Crippen LogP contribution in [0.3, 0.4) is 0 Å². The van der Waals surface area contributed by atoms with Gasteiger partial charge in [-0.15, -0.1) is 0 Å². The van der Waals surface area contributed by atoms with Crippen molar-refractivity contribution in [2.24, 2.45) is 5.92 Å². The molecule has 2 unspecified atom stereocenters. The van der Waals surface area contributed by atoms with Crippen LogP contribution in [0.5, 0.6) is 0 Å². The smallest absolute Gasteiger partial charge is 0.308 e. The van der Waals surface area contributed by atoms with E-state index in [1.807, 2.05) is 11.9 Å². The zero-order valence-electron chi connectivity index (χ0n) is 9.19. The molecule has 15 heavy (non-hydrogen) atoms. The van der Waals surface area contributed by atoms with Gasteiger partial charge in [0.25, 0.3) is 0 Å². The molecular formula is C10H18N2O3. The molecule has 1 saturated heterocycles. The summed E-state index contributed by atoms with van der Waals surface area (Å²) >= 11 is 0. The van der Waals surface area contributed by atoms with E-state index in [0.29, 0.717) is 0 Å². The second-order valence-corrected chi connectivity index (χ2v) is 4.12. The van der Waals surface area contributed by atoms with E-state index in [-0.39, 0.29) is 18.5 Å². The number of carbonyl (C=O) groups is 2. The maximum Gasteiger partial charge on any atom is 0.308 e. The Kier molecular flexibility index (Phi) is 4.08. The van der Waals surface area contributed by atoms with Crippen LogP contribution in [0.2, 0.25) is 0 Å². The van der Waals surface area contributed by atoms with Gasteiger partial charge >= 0.3 is 5.97 Å². The minimum atomic E-state index is -0.880. The predicted octanol–water partition coefficient (Wildman–Crippen LogP) is -0.0825. The lowest BCUT2D eigenvalue weighted by Crippen LogP contribution is -2.43. The van der Waals surface area contributed by atoms with E-state index in [9.17, 15) is 9.59 Å². The number of carbonyl (C=O) groups excluding carboxylic acids is 1. The minimum absolute atomic E-state index is 0.0527. The van der Waals surface area contributed by atoms with E-state index in [1.165, 1.54) is 0 Å². The molecule has 0 aliphatic carbocycles. The fourth-order valence-corrected chi connectivity index (χ4v) is 1.70. The summed E-state index contributed by atoms with van der Waals surface area (Å²) in [5.74, 6) is -1.46. The zero-order chi connectivity index (χ0) is 11.4. The van der Waals surface area contributed by atoms with E-state index >= 15 is 0 Å². The van der Waals surface area contributed by atoms with Gasteiger partial charge < -0.3 is 10.4 Å². The molecule has 0 radical (unpaired) electrons. The zero-order valence-corrected chi connectivity index (χ0v) is 9.19. The van der Waals surface area contributed by atoms with E-state index < -0.39 is 11.9 Å².